The van der Waals surface area contributed by atoms with Crippen LogP contribution in [0.1, 0.15) is 39.2 Å². The molecule has 0 aliphatic rings. The van der Waals surface area contributed by atoms with Crippen molar-refractivity contribution < 1.29 is 9.53 Å². The van der Waals surface area contributed by atoms with Gasteiger partial charge in [-0.05, 0) is 58.1 Å². The standard InChI is InChI=1S/C17H28N2O2/c1-17(2,3)21-16(20)19-11-7-10-15(13-18)12-14-8-5-4-6-9-14/h4-6,8-9,15H,7,10-13,18H2,1-3H3,(H,19,20). The number of amides is 1. The number of hydrogen-bond donors (Lipinski definition) is 2. The summed E-state index contributed by atoms with van der Waals surface area (Å²) in [5.74, 6) is 0.452. The molecule has 0 aromatic heterocycles. The highest BCUT2D eigenvalue weighted by molar-refractivity contribution is 5.67. The van der Waals surface area contributed by atoms with Crippen molar-refractivity contribution in [1.29, 1.82) is 0 Å². The van der Waals surface area contributed by atoms with Crippen LogP contribution in [0.4, 0.5) is 4.79 Å². The van der Waals surface area contributed by atoms with E-state index in [1.807, 2.05) is 39.0 Å². The molecule has 4 nitrogen and oxygen atoms in total. The largest absolute Gasteiger partial charge is 0.444 e. The van der Waals surface area contributed by atoms with E-state index in [9.17, 15) is 4.79 Å². The molecule has 0 aliphatic heterocycles. The monoisotopic (exact) mass is 292 g/mol. The number of nitrogens with one attached hydrogen (secondary N) is 1. The van der Waals surface area contributed by atoms with Crippen LogP contribution in [0.5, 0.6) is 0 Å². The Morgan fingerprint density at radius 2 is 1.95 bits per heavy atom. The first-order chi connectivity index (χ1) is 9.90. The Morgan fingerprint density at radius 3 is 2.52 bits per heavy atom. The molecule has 0 heterocycles. The van der Waals surface area contributed by atoms with Gasteiger partial charge < -0.3 is 15.8 Å². The van der Waals surface area contributed by atoms with Crippen LogP contribution in [0.2, 0.25) is 0 Å². The van der Waals surface area contributed by atoms with E-state index in [0.29, 0.717) is 19.0 Å². The first kappa shape index (κ1) is 17.5. The van der Waals surface area contributed by atoms with Crippen molar-refractivity contribution in [2.24, 2.45) is 11.7 Å². The fourth-order valence-electron chi connectivity index (χ4n) is 2.15. The van der Waals surface area contributed by atoms with Crippen molar-refractivity contribution >= 4 is 6.09 Å². The molecule has 0 radical (unpaired) electrons. The summed E-state index contributed by atoms with van der Waals surface area (Å²) in [5, 5.41) is 2.78. The summed E-state index contributed by atoms with van der Waals surface area (Å²) in [5.41, 5.74) is 6.70. The average Bonchev–Trinajstić information content (AvgIpc) is 2.41. The summed E-state index contributed by atoms with van der Waals surface area (Å²) in [6.45, 7) is 6.87. The Labute approximate surface area is 128 Å². The quantitative estimate of drug-likeness (QED) is 0.759. The number of carbonyl (C=O) groups is 1. The van der Waals surface area contributed by atoms with E-state index >= 15 is 0 Å². The third-order valence-corrected chi connectivity index (χ3v) is 3.16. The molecule has 1 aromatic carbocycles. The number of nitrogens with two attached hydrogens (primary N) is 1. The van der Waals surface area contributed by atoms with Crippen LogP contribution in [0.25, 0.3) is 0 Å². The summed E-state index contributed by atoms with van der Waals surface area (Å²) >= 11 is 0. The average molecular weight is 292 g/mol. The first-order valence-corrected chi connectivity index (χ1v) is 7.61. The molecule has 4 heteroatoms. The van der Waals surface area contributed by atoms with Crippen LogP contribution in [-0.4, -0.2) is 24.8 Å². The molecule has 1 aromatic rings. The number of rotatable bonds is 7. The Hall–Kier alpha value is -1.55. The lowest BCUT2D eigenvalue weighted by Crippen LogP contribution is -2.33. The third kappa shape index (κ3) is 8.35. The van der Waals surface area contributed by atoms with Crippen LogP contribution in [0.3, 0.4) is 0 Å². The molecule has 1 unspecified atom stereocenters. The summed E-state index contributed by atoms with van der Waals surface area (Å²) < 4.78 is 5.19. The highest BCUT2D eigenvalue weighted by atomic mass is 16.6. The summed E-state index contributed by atoms with van der Waals surface area (Å²) in [7, 11) is 0. The molecule has 1 atom stereocenters. The van der Waals surface area contributed by atoms with E-state index < -0.39 is 5.60 Å². The maximum absolute atomic E-state index is 11.5. The predicted molar refractivity (Wildman–Crippen MR) is 86.2 cm³/mol. The number of carbonyl (C=O) groups excluding carboxylic acids is 1. The van der Waals surface area contributed by atoms with Gasteiger partial charge in [-0.1, -0.05) is 30.3 Å². The topological polar surface area (TPSA) is 64.3 Å². The lowest BCUT2D eigenvalue weighted by Gasteiger charge is -2.20. The van der Waals surface area contributed by atoms with Crippen molar-refractivity contribution in [1.82, 2.24) is 5.32 Å². The lowest BCUT2D eigenvalue weighted by atomic mass is 9.95. The van der Waals surface area contributed by atoms with Crippen LogP contribution in [0.15, 0.2) is 30.3 Å². The molecular weight excluding hydrogens is 264 g/mol. The molecular formula is C17H28N2O2. The number of ether oxygens (including phenoxy) is 1. The maximum atomic E-state index is 11.5. The summed E-state index contributed by atoms with van der Waals surface area (Å²) in [4.78, 5) is 11.5. The lowest BCUT2D eigenvalue weighted by molar-refractivity contribution is 0.0526. The molecule has 0 saturated heterocycles. The zero-order valence-electron chi connectivity index (χ0n) is 13.4. The van der Waals surface area contributed by atoms with E-state index in [4.69, 9.17) is 10.5 Å². The zero-order chi connectivity index (χ0) is 15.7. The molecule has 1 rings (SSSR count). The molecule has 1 amide bonds. The molecule has 0 saturated carbocycles. The molecule has 0 spiro atoms. The molecule has 118 valence electrons. The number of alkyl carbamates (subject to hydrolysis) is 1. The second-order valence-corrected chi connectivity index (χ2v) is 6.36. The van der Waals surface area contributed by atoms with Crippen LogP contribution < -0.4 is 11.1 Å². The maximum Gasteiger partial charge on any atom is 0.407 e. The van der Waals surface area contributed by atoms with Gasteiger partial charge in [-0.3, -0.25) is 0 Å². The Morgan fingerprint density at radius 1 is 1.29 bits per heavy atom. The van der Waals surface area contributed by atoms with Crippen molar-refractivity contribution in [2.45, 2.75) is 45.6 Å². The van der Waals surface area contributed by atoms with Gasteiger partial charge in [-0.2, -0.15) is 0 Å². The van der Waals surface area contributed by atoms with Gasteiger partial charge in [0.25, 0.3) is 0 Å². The van der Waals surface area contributed by atoms with E-state index in [1.165, 1.54) is 5.56 Å². The Balaban J connectivity index is 2.22. The Kier molecular flexibility index (Phi) is 7.23. The van der Waals surface area contributed by atoms with Gasteiger partial charge in [0.05, 0.1) is 0 Å². The minimum absolute atomic E-state index is 0.352. The van der Waals surface area contributed by atoms with Gasteiger partial charge in [0.2, 0.25) is 0 Å². The Bertz CT molecular complexity index is 413. The zero-order valence-corrected chi connectivity index (χ0v) is 13.4. The first-order valence-electron chi connectivity index (χ1n) is 7.61. The molecule has 0 fully saturated rings. The second-order valence-electron chi connectivity index (χ2n) is 6.36. The van der Waals surface area contributed by atoms with Gasteiger partial charge in [0, 0.05) is 6.54 Å². The number of benzene rings is 1. The second kappa shape index (κ2) is 8.67. The van der Waals surface area contributed by atoms with E-state index in [-0.39, 0.29) is 6.09 Å². The van der Waals surface area contributed by atoms with Crippen LogP contribution in [0, 0.1) is 5.92 Å². The fraction of sp³-hybridized carbons (Fsp3) is 0.588. The van der Waals surface area contributed by atoms with Gasteiger partial charge in [-0.15, -0.1) is 0 Å². The predicted octanol–water partition coefficient (Wildman–Crippen LogP) is 3.11. The van der Waals surface area contributed by atoms with Gasteiger partial charge in [0.15, 0.2) is 0 Å². The van der Waals surface area contributed by atoms with E-state index in [1.54, 1.807) is 0 Å². The minimum atomic E-state index is -0.447. The third-order valence-electron chi connectivity index (χ3n) is 3.16. The van der Waals surface area contributed by atoms with E-state index in [2.05, 4.69) is 17.4 Å². The molecule has 0 bridgehead atoms. The van der Waals surface area contributed by atoms with Crippen molar-refractivity contribution in [3.63, 3.8) is 0 Å². The molecule has 21 heavy (non-hydrogen) atoms. The van der Waals surface area contributed by atoms with Crippen molar-refractivity contribution in [3.05, 3.63) is 35.9 Å². The summed E-state index contributed by atoms with van der Waals surface area (Å²) in [6, 6.07) is 10.4. The SMILES string of the molecule is CC(C)(C)OC(=O)NCCCC(CN)Cc1ccccc1. The van der Waals surface area contributed by atoms with Crippen LogP contribution in [-0.2, 0) is 11.2 Å². The number of hydrogen-bond acceptors (Lipinski definition) is 3. The summed E-state index contributed by atoms with van der Waals surface area (Å²) in [6.07, 6.45) is 2.55. The fourth-order valence-corrected chi connectivity index (χ4v) is 2.15. The highest BCUT2D eigenvalue weighted by Gasteiger charge is 2.15. The normalized spacial score (nSPS) is 12.8. The van der Waals surface area contributed by atoms with Crippen molar-refractivity contribution in [2.75, 3.05) is 13.1 Å². The van der Waals surface area contributed by atoms with Gasteiger partial charge in [-0.25, -0.2) is 4.79 Å². The van der Waals surface area contributed by atoms with Gasteiger partial charge in [0.1, 0.15) is 5.60 Å². The molecule has 0 aliphatic carbocycles. The van der Waals surface area contributed by atoms with Gasteiger partial charge >= 0.3 is 6.09 Å². The van der Waals surface area contributed by atoms with E-state index in [0.717, 1.165) is 19.3 Å². The molecule has 3 N–H and O–H groups in total. The van der Waals surface area contributed by atoms with Crippen molar-refractivity contribution in [3.8, 4) is 0 Å². The smallest absolute Gasteiger partial charge is 0.407 e. The highest BCUT2D eigenvalue weighted by Crippen LogP contribution is 2.13. The van der Waals surface area contributed by atoms with Crippen LogP contribution >= 0.6 is 0 Å². The minimum Gasteiger partial charge on any atom is -0.444 e.